The molecule has 27 heavy (non-hydrogen) atoms. The van der Waals surface area contributed by atoms with E-state index in [1.165, 1.54) is 19.3 Å². The summed E-state index contributed by atoms with van der Waals surface area (Å²) in [5.74, 6) is 2.80. The molecule has 1 amide bonds. The number of nitrogens with zero attached hydrogens (tertiary/aromatic N) is 3. The van der Waals surface area contributed by atoms with E-state index < -0.39 is 0 Å². The van der Waals surface area contributed by atoms with Crippen molar-refractivity contribution >= 4 is 22.2 Å². The summed E-state index contributed by atoms with van der Waals surface area (Å²) in [4.78, 5) is 20.6. The first-order chi connectivity index (χ1) is 13.3. The van der Waals surface area contributed by atoms with E-state index in [1.54, 1.807) is 11.3 Å². The lowest BCUT2D eigenvalue weighted by molar-refractivity contribution is -0.132. The van der Waals surface area contributed by atoms with Crippen LogP contribution in [-0.4, -0.2) is 32.8 Å². The minimum atomic E-state index is 0.120. The molecule has 1 aliphatic rings. The zero-order valence-corrected chi connectivity index (χ0v) is 16.1. The lowest BCUT2D eigenvalue weighted by atomic mass is 9.94. The Balaban J connectivity index is 1.56. The van der Waals surface area contributed by atoms with Crippen molar-refractivity contribution in [3.63, 3.8) is 0 Å². The van der Waals surface area contributed by atoms with Gasteiger partial charge in [-0.1, -0.05) is 55.5 Å². The van der Waals surface area contributed by atoms with Crippen molar-refractivity contribution in [2.24, 2.45) is 0 Å². The van der Waals surface area contributed by atoms with Gasteiger partial charge in [0.1, 0.15) is 0 Å². The number of benzene rings is 1. The second-order valence-corrected chi connectivity index (χ2v) is 7.90. The highest BCUT2D eigenvalue weighted by atomic mass is 32.1. The van der Waals surface area contributed by atoms with Gasteiger partial charge in [-0.3, -0.25) is 9.20 Å². The van der Waals surface area contributed by atoms with Gasteiger partial charge in [0, 0.05) is 28.9 Å². The summed E-state index contributed by atoms with van der Waals surface area (Å²) in [6, 6.07) is 10.4. The van der Waals surface area contributed by atoms with E-state index in [1.807, 2.05) is 39.1 Å². The molecule has 0 radical (unpaired) electrons. The summed E-state index contributed by atoms with van der Waals surface area (Å²) >= 11 is 1.57. The number of terminal acetylenes is 1. The maximum absolute atomic E-state index is 13.0. The van der Waals surface area contributed by atoms with Crippen molar-refractivity contribution < 1.29 is 4.79 Å². The van der Waals surface area contributed by atoms with E-state index >= 15 is 0 Å². The molecule has 5 heteroatoms. The first-order valence-electron chi connectivity index (χ1n) is 9.50. The second kappa shape index (κ2) is 7.98. The van der Waals surface area contributed by atoms with Crippen molar-refractivity contribution in [2.75, 3.05) is 6.54 Å². The van der Waals surface area contributed by atoms with Crippen LogP contribution in [0.25, 0.3) is 16.2 Å². The number of carbonyl (C=O) groups is 1. The molecule has 0 spiro atoms. The third-order valence-corrected chi connectivity index (χ3v) is 6.17. The number of aromatic nitrogens is 2. The first-order valence-corrected chi connectivity index (χ1v) is 10.4. The van der Waals surface area contributed by atoms with Gasteiger partial charge in [-0.15, -0.1) is 17.8 Å². The molecule has 0 bridgehead atoms. The molecule has 3 aromatic rings. The summed E-state index contributed by atoms with van der Waals surface area (Å²) in [7, 11) is 0. The number of imidazole rings is 1. The van der Waals surface area contributed by atoms with Crippen molar-refractivity contribution in [1.29, 1.82) is 0 Å². The van der Waals surface area contributed by atoms with Gasteiger partial charge in [-0.25, -0.2) is 4.98 Å². The fraction of sp³-hybridized carbons (Fsp3) is 0.364. The van der Waals surface area contributed by atoms with Crippen LogP contribution >= 0.6 is 11.3 Å². The van der Waals surface area contributed by atoms with Crippen molar-refractivity contribution in [1.82, 2.24) is 14.3 Å². The van der Waals surface area contributed by atoms with E-state index in [4.69, 9.17) is 11.4 Å². The number of hydrogen-bond donors (Lipinski definition) is 0. The summed E-state index contributed by atoms with van der Waals surface area (Å²) in [6.07, 6.45) is 13.7. The number of amides is 1. The average molecular weight is 378 g/mol. The SMILES string of the molecule is C#CCN(C(=O)Cc1csc2nc(-c3ccccc3)cn12)C1CCCCC1. The Morgan fingerprint density at radius 2 is 2.04 bits per heavy atom. The van der Waals surface area contributed by atoms with Crippen LogP contribution in [0.5, 0.6) is 0 Å². The Morgan fingerprint density at radius 3 is 2.78 bits per heavy atom. The van der Waals surface area contributed by atoms with Crippen molar-refractivity contribution in [2.45, 2.75) is 44.6 Å². The fourth-order valence-corrected chi connectivity index (χ4v) is 4.75. The van der Waals surface area contributed by atoms with Crippen LogP contribution in [0.4, 0.5) is 0 Å². The molecule has 0 saturated heterocycles. The van der Waals surface area contributed by atoms with E-state index in [9.17, 15) is 4.79 Å². The Morgan fingerprint density at radius 1 is 1.26 bits per heavy atom. The third kappa shape index (κ3) is 3.77. The predicted molar refractivity (Wildman–Crippen MR) is 110 cm³/mol. The normalized spacial score (nSPS) is 14.9. The number of carbonyl (C=O) groups excluding carboxylic acids is 1. The zero-order valence-electron chi connectivity index (χ0n) is 15.3. The monoisotopic (exact) mass is 377 g/mol. The summed E-state index contributed by atoms with van der Waals surface area (Å²) in [6.45, 7) is 0.399. The molecule has 2 heterocycles. The van der Waals surface area contributed by atoms with Gasteiger partial charge in [0.15, 0.2) is 4.96 Å². The number of hydrogen-bond acceptors (Lipinski definition) is 3. The van der Waals surface area contributed by atoms with Gasteiger partial charge >= 0.3 is 0 Å². The van der Waals surface area contributed by atoms with E-state index in [0.29, 0.717) is 19.0 Å². The van der Waals surface area contributed by atoms with Crippen molar-refractivity contribution in [3.8, 4) is 23.6 Å². The maximum atomic E-state index is 13.0. The molecule has 0 N–H and O–H groups in total. The Kier molecular flexibility index (Phi) is 5.26. The van der Waals surface area contributed by atoms with Crippen LogP contribution in [0, 0.1) is 12.3 Å². The topological polar surface area (TPSA) is 37.6 Å². The minimum Gasteiger partial charge on any atom is -0.328 e. The lowest BCUT2D eigenvalue weighted by Crippen LogP contribution is -2.42. The van der Waals surface area contributed by atoms with Gasteiger partial charge in [0.25, 0.3) is 0 Å². The first kappa shape index (κ1) is 17.8. The largest absolute Gasteiger partial charge is 0.328 e. The van der Waals surface area contributed by atoms with Gasteiger partial charge in [-0.2, -0.15) is 0 Å². The average Bonchev–Trinajstić information content (AvgIpc) is 3.29. The molecule has 0 aliphatic heterocycles. The van der Waals surface area contributed by atoms with Crippen molar-refractivity contribution in [3.05, 3.63) is 47.6 Å². The number of thiazole rings is 1. The fourth-order valence-electron chi connectivity index (χ4n) is 3.87. The molecule has 0 unspecified atom stereocenters. The molecule has 1 aliphatic carbocycles. The minimum absolute atomic E-state index is 0.120. The van der Waals surface area contributed by atoms with Crippen LogP contribution in [0.15, 0.2) is 41.9 Å². The van der Waals surface area contributed by atoms with Crippen LogP contribution in [0.3, 0.4) is 0 Å². The smallest absolute Gasteiger partial charge is 0.229 e. The standard InChI is InChI=1S/C22H23N3OS/c1-2-13-24(18-11-7-4-8-12-18)21(26)14-19-16-27-22-23-20(15-25(19)22)17-9-5-3-6-10-17/h1,3,5-6,9-10,15-16,18H,4,7-8,11-14H2. The highest BCUT2D eigenvalue weighted by Gasteiger charge is 2.25. The Hall–Kier alpha value is -2.58. The van der Waals surface area contributed by atoms with E-state index in [-0.39, 0.29) is 5.91 Å². The van der Waals surface area contributed by atoms with Crippen LogP contribution in [0.1, 0.15) is 37.8 Å². The molecule has 1 saturated carbocycles. The molecular weight excluding hydrogens is 354 g/mol. The van der Waals surface area contributed by atoms with Gasteiger partial charge < -0.3 is 4.90 Å². The Bertz CT molecular complexity index is 961. The summed E-state index contributed by atoms with van der Waals surface area (Å²) < 4.78 is 2.04. The van der Waals surface area contributed by atoms with Gasteiger partial charge in [0.2, 0.25) is 5.91 Å². The quantitative estimate of drug-likeness (QED) is 0.618. The Labute approximate surface area is 163 Å². The highest BCUT2D eigenvalue weighted by Crippen LogP contribution is 2.26. The second-order valence-electron chi connectivity index (χ2n) is 7.07. The summed E-state index contributed by atoms with van der Waals surface area (Å²) in [5, 5.41) is 2.03. The van der Waals surface area contributed by atoms with E-state index in [2.05, 4.69) is 18.1 Å². The third-order valence-electron chi connectivity index (χ3n) is 5.28. The van der Waals surface area contributed by atoms with Crippen LogP contribution < -0.4 is 0 Å². The number of fused-ring (bicyclic) bond motifs is 1. The van der Waals surface area contributed by atoms with Gasteiger partial charge in [-0.05, 0) is 12.8 Å². The zero-order chi connectivity index (χ0) is 18.6. The van der Waals surface area contributed by atoms with Crippen LogP contribution in [0.2, 0.25) is 0 Å². The molecule has 4 nitrogen and oxygen atoms in total. The van der Waals surface area contributed by atoms with Crippen LogP contribution in [-0.2, 0) is 11.2 Å². The molecule has 0 atom stereocenters. The molecule has 4 rings (SSSR count). The summed E-state index contributed by atoms with van der Waals surface area (Å²) in [5.41, 5.74) is 3.00. The number of rotatable bonds is 5. The predicted octanol–water partition coefficient (Wildman–Crippen LogP) is 4.40. The molecule has 1 fully saturated rings. The molecule has 138 valence electrons. The molecule has 1 aromatic carbocycles. The highest BCUT2D eigenvalue weighted by molar-refractivity contribution is 7.15. The molecular formula is C22H23N3OS. The lowest BCUT2D eigenvalue weighted by Gasteiger charge is -2.33. The molecule has 2 aromatic heterocycles. The van der Waals surface area contributed by atoms with Gasteiger partial charge in [0.05, 0.1) is 18.7 Å². The van der Waals surface area contributed by atoms with E-state index in [0.717, 1.165) is 34.8 Å². The maximum Gasteiger partial charge on any atom is 0.229 e.